The normalized spacial score (nSPS) is 22.1. The van der Waals surface area contributed by atoms with Gasteiger partial charge in [0.05, 0.1) is 0 Å². The fourth-order valence-corrected chi connectivity index (χ4v) is 3.00. The maximum Gasteiger partial charge on any atom is -0.0317 e. The second kappa shape index (κ2) is 6.26. The Hall–Kier alpha value is -0.260. The van der Waals surface area contributed by atoms with Gasteiger partial charge >= 0.3 is 0 Å². The van der Waals surface area contributed by atoms with Crippen molar-refractivity contribution in [2.45, 2.75) is 86.5 Å². The van der Waals surface area contributed by atoms with E-state index in [1.165, 1.54) is 44.9 Å². The monoisotopic (exact) mass is 250 g/mol. The summed E-state index contributed by atoms with van der Waals surface area (Å²) in [5.74, 6) is 0.934. The zero-order valence-electron chi connectivity index (χ0n) is 13.6. The molecule has 1 rings (SSSR count). The summed E-state index contributed by atoms with van der Waals surface area (Å²) in [5, 5.41) is 0. The lowest BCUT2D eigenvalue weighted by atomic mass is 9.71. The van der Waals surface area contributed by atoms with Gasteiger partial charge in [-0.05, 0) is 61.7 Å². The number of hydrogen-bond donors (Lipinski definition) is 0. The Bertz CT molecular complexity index is 259. The second-order valence-corrected chi connectivity index (χ2v) is 8.46. The number of rotatable bonds is 3. The molecule has 0 aromatic carbocycles. The number of hydrogen-bond acceptors (Lipinski definition) is 0. The van der Waals surface area contributed by atoms with Crippen LogP contribution in [0.15, 0.2) is 11.6 Å². The lowest BCUT2D eigenvalue weighted by Gasteiger charge is -2.34. The molecule has 0 heteroatoms. The minimum atomic E-state index is 0.502. The van der Waals surface area contributed by atoms with Crippen molar-refractivity contribution in [1.29, 1.82) is 0 Å². The zero-order valence-corrected chi connectivity index (χ0v) is 13.6. The van der Waals surface area contributed by atoms with Gasteiger partial charge in [-0.25, -0.2) is 0 Å². The molecule has 1 aliphatic rings. The van der Waals surface area contributed by atoms with Crippen LogP contribution in [0.1, 0.15) is 86.5 Å². The maximum atomic E-state index is 2.55. The zero-order chi connectivity index (χ0) is 13.8. The quantitative estimate of drug-likeness (QED) is 0.403. The molecule has 0 amide bonds. The molecule has 1 aliphatic carbocycles. The van der Waals surface area contributed by atoms with Crippen molar-refractivity contribution in [3.8, 4) is 0 Å². The number of allylic oxidation sites excluding steroid dienone is 2. The van der Waals surface area contributed by atoms with Gasteiger partial charge in [0.15, 0.2) is 0 Å². The molecular weight excluding hydrogens is 216 g/mol. The second-order valence-electron chi connectivity index (χ2n) is 8.46. The van der Waals surface area contributed by atoms with E-state index in [0.29, 0.717) is 10.8 Å². The molecule has 1 fully saturated rings. The highest BCUT2D eigenvalue weighted by Gasteiger charge is 2.27. The Labute approximate surface area is 115 Å². The van der Waals surface area contributed by atoms with Crippen LogP contribution >= 0.6 is 0 Å². The van der Waals surface area contributed by atoms with Crippen LogP contribution < -0.4 is 0 Å². The molecule has 0 bridgehead atoms. The molecule has 18 heavy (non-hydrogen) atoms. The van der Waals surface area contributed by atoms with E-state index >= 15 is 0 Å². The van der Waals surface area contributed by atoms with Gasteiger partial charge in [-0.3, -0.25) is 0 Å². The molecule has 0 nitrogen and oxygen atoms in total. The first-order chi connectivity index (χ1) is 8.18. The third-order valence-electron chi connectivity index (χ3n) is 4.42. The summed E-state index contributed by atoms with van der Waals surface area (Å²) in [7, 11) is 0. The van der Waals surface area contributed by atoms with Gasteiger partial charge in [-0.15, -0.1) is 0 Å². The lowest BCUT2D eigenvalue weighted by molar-refractivity contribution is 0.197. The molecule has 0 saturated heterocycles. The molecule has 0 heterocycles. The molecule has 0 aromatic rings. The van der Waals surface area contributed by atoms with E-state index in [1.54, 1.807) is 5.57 Å². The van der Waals surface area contributed by atoms with Gasteiger partial charge in [0.25, 0.3) is 0 Å². The topological polar surface area (TPSA) is 0 Å². The summed E-state index contributed by atoms with van der Waals surface area (Å²) >= 11 is 0. The third-order valence-corrected chi connectivity index (χ3v) is 4.42. The summed E-state index contributed by atoms with van der Waals surface area (Å²) in [4.78, 5) is 0. The van der Waals surface area contributed by atoms with Crippen LogP contribution in [0.25, 0.3) is 0 Å². The van der Waals surface area contributed by atoms with Crippen molar-refractivity contribution < 1.29 is 0 Å². The van der Waals surface area contributed by atoms with E-state index in [9.17, 15) is 0 Å². The molecule has 0 aromatic heterocycles. The summed E-state index contributed by atoms with van der Waals surface area (Å²) in [6, 6.07) is 0. The average Bonchev–Trinajstić information content (AvgIpc) is 2.22. The summed E-state index contributed by atoms with van der Waals surface area (Å²) in [6.45, 7) is 14.2. The van der Waals surface area contributed by atoms with Crippen LogP contribution in [-0.4, -0.2) is 0 Å². The van der Waals surface area contributed by atoms with Crippen LogP contribution in [0.2, 0.25) is 0 Å². The van der Waals surface area contributed by atoms with E-state index in [-0.39, 0.29) is 0 Å². The first-order valence-electron chi connectivity index (χ1n) is 7.86. The SMILES string of the molecule is CC(C)(C)CCCC=C1CCC(C(C)(C)C)CC1. The van der Waals surface area contributed by atoms with Gasteiger partial charge in [0.1, 0.15) is 0 Å². The van der Waals surface area contributed by atoms with E-state index in [0.717, 1.165) is 5.92 Å². The Morgan fingerprint density at radius 2 is 1.56 bits per heavy atom. The molecular formula is C18H34. The van der Waals surface area contributed by atoms with Crippen LogP contribution in [0.3, 0.4) is 0 Å². The van der Waals surface area contributed by atoms with Gasteiger partial charge in [0, 0.05) is 0 Å². The van der Waals surface area contributed by atoms with E-state index < -0.39 is 0 Å². The summed E-state index contributed by atoms with van der Waals surface area (Å²) < 4.78 is 0. The molecule has 1 saturated carbocycles. The van der Waals surface area contributed by atoms with Crippen molar-refractivity contribution in [2.75, 3.05) is 0 Å². The van der Waals surface area contributed by atoms with Crippen LogP contribution in [0.5, 0.6) is 0 Å². The van der Waals surface area contributed by atoms with Crippen molar-refractivity contribution in [3.05, 3.63) is 11.6 Å². The van der Waals surface area contributed by atoms with E-state index in [2.05, 4.69) is 47.6 Å². The molecule has 0 unspecified atom stereocenters. The summed E-state index contributed by atoms with van der Waals surface area (Å²) in [6.07, 6.45) is 12.1. The first kappa shape index (κ1) is 15.8. The first-order valence-corrected chi connectivity index (χ1v) is 7.86. The summed E-state index contributed by atoms with van der Waals surface area (Å²) in [5.41, 5.74) is 2.75. The standard InChI is InChI=1S/C18H34/c1-17(2,3)14-8-7-9-15-10-12-16(13-11-15)18(4,5)6/h9,16H,7-8,10-14H2,1-6H3. The fraction of sp³-hybridized carbons (Fsp3) is 0.889. The average molecular weight is 250 g/mol. The Morgan fingerprint density at radius 3 is 2.00 bits per heavy atom. The Morgan fingerprint density at radius 1 is 1.00 bits per heavy atom. The van der Waals surface area contributed by atoms with Crippen molar-refractivity contribution in [1.82, 2.24) is 0 Å². The highest BCUT2D eigenvalue weighted by atomic mass is 14.3. The molecule has 106 valence electrons. The minimum absolute atomic E-state index is 0.502. The number of unbranched alkanes of at least 4 members (excludes halogenated alkanes) is 1. The Balaban J connectivity index is 2.26. The van der Waals surface area contributed by atoms with Crippen LogP contribution in [-0.2, 0) is 0 Å². The van der Waals surface area contributed by atoms with Gasteiger partial charge in [0.2, 0.25) is 0 Å². The molecule has 0 spiro atoms. The lowest BCUT2D eigenvalue weighted by Crippen LogP contribution is -2.23. The predicted octanol–water partition coefficient (Wildman–Crippen LogP) is 6.37. The largest absolute Gasteiger partial charge is 0.0853 e. The highest BCUT2D eigenvalue weighted by molar-refractivity contribution is 5.06. The third kappa shape index (κ3) is 6.07. The molecule has 0 N–H and O–H groups in total. The van der Waals surface area contributed by atoms with E-state index in [1.807, 2.05) is 0 Å². The van der Waals surface area contributed by atoms with Gasteiger partial charge < -0.3 is 0 Å². The smallest absolute Gasteiger partial charge is 0.0317 e. The van der Waals surface area contributed by atoms with Gasteiger partial charge in [-0.1, -0.05) is 53.2 Å². The molecule has 0 radical (unpaired) electrons. The highest BCUT2D eigenvalue weighted by Crippen LogP contribution is 2.39. The van der Waals surface area contributed by atoms with Crippen LogP contribution in [0.4, 0.5) is 0 Å². The van der Waals surface area contributed by atoms with Gasteiger partial charge in [-0.2, -0.15) is 0 Å². The fourth-order valence-electron chi connectivity index (χ4n) is 3.00. The minimum Gasteiger partial charge on any atom is -0.0853 e. The maximum absolute atomic E-state index is 2.55. The van der Waals surface area contributed by atoms with Crippen molar-refractivity contribution >= 4 is 0 Å². The van der Waals surface area contributed by atoms with Crippen LogP contribution in [0, 0.1) is 16.7 Å². The van der Waals surface area contributed by atoms with E-state index in [4.69, 9.17) is 0 Å². The Kier molecular flexibility index (Phi) is 5.49. The van der Waals surface area contributed by atoms with Crippen molar-refractivity contribution in [3.63, 3.8) is 0 Å². The molecule has 0 atom stereocenters. The predicted molar refractivity (Wildman–Crippen MR) is 82.8 cm³/mol. The van der Waals surface area contributed by atoms with Crippen molar-refractivity contribution in [2.24, 2.45) is 16.7 Å². The molecule has 0 aliphatic heterocycles.